The van der Waals surface area contributed by atoms with Gasteiger partial charge in [0, 0.05) is 10.0 Å². The van der Waals surface area contributed by atoms with Gasteiger partial charge < -0.3 is 10.2 Å². The number of aromatic hydroxyl groups is 1. The molecule has 3 nitrogen and oxygen atoms in total. The van der Waals surface area contributed by atoms with Crippen LogP contribution >= 0.6 is 15.9 Å². The van der Waals surface area contributed by atoms with Crippen LogP contribution in [-0.2, 0) is 0 Å². The molecule has 0 aromatic heterocycles. The van der Waals surface area contributed by atoms with Crippen molar-refractivity contribution in [1.82, 2.24) is 0 Å². The molecule has 4 heteroatoms. The molecular formula is C9H8BrNO2. The van der Waals surface area contributed by atoms with Crippen molar-refractivity contribution in [3.05, 3.63) is 28.2 Å². The zero-order valence-corrected chi connectivity index (χ0v) is 8.32. The normalized spacial score (nSPS) is 12.1. The van der Waals surface area contributed by atoms with Gasteiger partial charge in [-0.15, -0.1) is 0 Å². The van der Waals surface area contributed by atoms with Gasteiger partial charge in [0.25, 0.3) is 0 Å². The van der Waals surface area contributed by atoms with Crippen LogP contribution in [0.5, 0.6) is 5.75 Å². The van der Waals surface area contributed by atoms with Crippen molar-refractivity contribution in [2.45, 2.75) is 12.5 Å². The first-order valence-electron chi connectivity index (χ1n) is 3.68. The molecule has 0 radical (unpaired) electrons. The van der Waals surface area contributed by atoms with Crippen LogP contribution in [0.4, 0.5) is 0 Å². The fourth-order valence-electron chi connectivity index (χ4n) is 0.989. The molecular weight excluding hydrogens is 234 g/mol. The van der Waals surface area contributed by atoms with Gasteiger partial charge in [0.1, 0.15) is 5.75 Å². The van der Waals surface area contributed by atoms with Crippen LogP contribution in [0.2, 0.25) is 0 Å². The van der Waals surface area contributed by atoms with E-state index in [0.717, 1.165) is 4.47 Å². The van der Waals surface area contributed by atoms with Gasteiger partial charge in [0.05, 0.1) is 18.6 Å². The first-order chi connectivity index (χ1) is 6.15. The second-order valence-electron chi connectivity index (χ2n) is 2.58. The highest BCUT2D eigenvalue weighted by atomic mass is 79.9. The summed E-state index contributed by atoms with van der Waals surface area (Å²) in [4.78, 5) is 0. The molecule has 1 aromatic carbocycles. The van der Waals surface area contributed by atoms with E-state index < -0.39 is 6.10 Å². The summed E-state index contributed by atoms with van der Waals surface area (Å²) in [5, 5.41) is 27.1. The van der Waals surface area contributed by atoms with E-state index in [9.17, 15) is 10.2 Å². The molecule has 0 saturated carbocycles. The molecule has 0 saturated heterocycles. The van der Waals surface area contributed by atoms with E-state index in [1.807, 2.05) is 6.07 Å². The molecule has 0 aliphatic rings. The van der Waals surface area contributed by atoms with Crippen molar-refractivity contribution in [3.8, 4) is 11.8 Å². The number of phenols is 1. The first-order valence-corrected chi connectivity index (χ1v) is 4.48. The molecule has 0 amide bonds. The summed E-state index contributed by atoms with van der Waals surface area (Å²) in [5.74, 6) is 0.00551. The summed E-state index contributed by atoms with van der Waals surface area (Å²) >= 11 is 3.21. The largest absolute Gasteiger partial charge is 0.508 e. The Hall–Kier alpha value is -1.05. The molecule has 0 aliphatic carbocycles. The topological polar surface area (TPSA) is 64.2 Å². The predicted octanol–water partition coefficient (Wildman–Crippen LogP) is 2.10. The maximum atomic E-state index is 9.42. The monoisotopic (exact) mass is 241 g/mol. The van der Waals surface area contributed by atoms with E-state index in [-0.39, 0.29) is 12.2 Å². The van der Waals surface area contributed by atoms with Crippen molar-refractivity contribution in [2.75, 3.05) is 0 Å². The molecule has 0 aliphatic heterocycles. The summed E-state index contributed by atoms with van der Waals surface area (Å²) < 4.78 is 0.761. The van der Waals surface area contributed by atoms with Gasteiger partial charge >= 0.3 is 0 Å². The molecule has 1 atom stereocenters. The first kappa shape index (κ1) is 10.0. The minimum atomic E-state index is -0.928. The van der Waals surface area contributed by atoms with E-state index >= 15 is 0 Å². The standard InChI is InChI=1S/C9H8BrNO2/c10-6-1-2-8(12)7(5-6)9(13)3-4-11/h1-2,5,9,12-13H,3H2. The summed E-state index contributed by atoms with van der Waals surface area (Å²) in [6.45, 7) is 0. The Labute approximate surface area is 84.4 Å². The zero-order valence-electron chi connectivity index (χ0n) is 6.74. The lowest BCUT2D eigenvalue weighted by atomic mass is 10.1. The van der Waals surface area contributed by atoms with Gasteiger partial charge in [-0.25, -0.2) is 0 Å². The molecule has 1 unspecified atom stereocenters. The third-order valence-electron chi connectivity index (χ3n) is 1.63. The summed E-state index contributed by atoms with van der Waals surface area (Å²) in [6.07, 6.45) is -0.952. The van der Waals surface area contributed by atoms with Crippen LogP contribution < -0.4 is 0 Å². The predicted molar refractivity (Wildman–Crippen MR) is 51.0 cm³/mol. The van der Waals surface area contributed by atoms with Crippen LogP contribution in [0.3, 0.4) is 0 Å². The van der Waals surface area contributed by atoms with E-state index in [1.165, 1.54) is 6.07 Å². The maximum Gasteiger partial charge on any atom is 0.121 e. The van der Waals surface area contributed by atoms with Crippen molar-refractivity contribution in [2.24, 2.45) is 0 Å². The summed E-state index contributed by atoms with van der Waals surface area (Å²) in [5.41, 5.74) is 0.371. The van der Waals surface area contributed by atoms with Crippen LogP contribution in [0, 0.1) is 11.3 Å². The summed E-state index contributed by atoms with van der Waals surface area (Å²) in [7, 11) is 0. The Morgan fingerprint density at radius 3 is 2.85 bits per heavy atom. The Kier molecular flexibility index (Phi) is 3.29. The third kappa shape index (κ3) is 2.44. The van der Waals surface area contributed by atoms with Crippen LogP contribution in [0.25, 0.3) is 0 Å². The highest BCUT2D eigenvalue weighted by Gasteiger charge is 2.11. The number of hydrogen-bond acceptors (Lipinski definition) is 3. The minimum absolute atomic E-state index is 0.00551. The fraction of sp³-hybridized carbons (Fsp3) is 0.222. The number of nitriles is 1. The highest BCUT2D eigenvalue weighted by molar-refractivity contribution is 9.10. The van der Waals surface area contributed by atoms with E-state index in [0.29, 0.717) is 5.56 Å². The lowest BCUT2D eigenvalue weighted by Gasteiger charge is -2.08. The number of phenolic OH excluding ortho intramolecular Hbond substituents is 1. The number of aliphatic hydroxyl groups excluding tert-OH is 1. The number of nitrogens with zero attached hydrogens (tertiary/aromatic N) is 1. The highest BCUT2D eigenvalue weighted by Crippen LogP contribution is 2.28. The Morgan fingerprint density at radius 2 is 2.23 bits per heavy atom. The fourth-order valence-corrected chi connectivity index (χ4v) is 1.37. The second-order valence-corrected chi connectivity index (χ2v) is 3.50. The lowest BCUT2D eigenvalue weighted by Crippen LogP contribution is -1.96. The van der Waals surface area contributed by atoms with Crippen molar-refractivity contribution < 1.29 is 10.2 Å². The van der Waals surface area contributed by atoms with Crippen LogP contribution in [0.1, 0.15) is 18.1 Å². The molecule has 1 aromatic rings. The summed E-state index contributed by atoms with van der Waals surface area (Å²) in [6, 6.07) is 6.57. The minimum Gasteiger partial charge on any atom is -0.508 e. The molecule has 13 heavy (non-hydrogen) atoms. The van der Waals surface area contributed by atoms with Crippen molar-refractivity contribution >= 4 is 15.9 Å². The Bertz CT molecular complexity index is 346. The SMILES string of the molecule is N#CCC(O)c1cc(Br)ccc1O. The lowest BCUT2D eigenvalue weighted by molar-refractivity contribution is 0.179. The molecule has 1 rings (SSSR count). The molecule has 2 N–H and O–H groups in total. The number of rotatable bonds is 2. The molecule has 0 heterocycles. The van der Waals surface area contributed by atoms with E-state index in [1.54, 1.807) is 12.1 Å². The quantitative estimate of drug-likeness (QED) is 0.834. The van der Waals surface area contributed by atoms with Crippen molar-refractivity contribution in [1.29, 1.82) is 5.26 Å². The zero-order chi connectivity index (χ0) is 9.84. The second kappa shape index (κ2) is 4.26. The number of halogens is 1. The van der Waals surface area contributed by atoms with Gasteiger partial charge in [-0.1, -0.05) is 15.9 Å². The number of hydrogen-bond donors (Lipinski definition) is 2. The number of aliphatic hydroxyl groups is 1. The number of benzene rings is 1. The smallest absolute Gasteiger partial charge is 0.121 e. The molecule has 0 spiro atoms. The van der Waals surface area contributed by atoms with E-state index in [2.05, 4.69) is 15.9 Å². The van der Waals surface area contributed by atoms with Gasteiger partial charge in [-0.3, -0.25) is 0 Å². The van der Waals surface area contributed by atoms with Crippen LogP contribution in [0.15, 0.2) is 22.7 Å². The Morgan fingerprint density at radius 1 is 1.54 bits per heavy atom. The average molecular weight is 242 g/mol. The van der Waals surface area contributed by atoms with Crippen LogP contribution in [-0.4, -0.2) is 10.2 Å². The maximum absolute atomic E-state index is 9.42. The van der Waals surface area contributed by atoms with Gasteiger partial charge in [-0.2, -0.15) is 5.26 Å². The molecule has 0 bridgehead atoms. The molecule has 68 valence electrons. The van der Waals surface area contributed by atoms with Crippen molar-refractivity contribution in [3.63, 3.8) is 0 Å². The van der Waals surface area contributed by atoms with E-state index in [4.69, 9.17) is 5.26 Å². The van der Waals surface area contributed by atoms with Gasteiger partial charge in [0.2, 0.25) is 0 Å². The van der Waals surface area contributed by atoms with Gasteiger partial charge in [-0.05, 0) is 18.2 Å². The molecule has 0 fully saturated rings. The van der Waals surface area contributed by atoms with Gasteiger partial charge in [0.15, 0.2) is 0 Å². The Balaban J connectivity index is 3.00. The third-order valence-corrected chi connectivity index (χ3v) is 2.13. The average Bonchev–Trinajstić information content (AvgIpc) is 2.09.